The first-order chi connectivity index (χ1) is 11.8. The van der Waals surface area contributed by atoms with E-state index in [0.29, 0.717) is 18.8 Å². The average Bonchev–Trinajstić information content (AvgIpc) is 2.57. The third-order valence-corrected chi connectivity index (χ3v) is 4.79. The average molecular weight is 424 g/mol. The lowest BCUT2D eigenvalue weighted by Crippen LogP contribution is -2.46. The van der Waals surface area contributed by atoms with Crippen LogP contribution in [-0.4, -0.2) is 36.6 Å². The molecule has 1 saturated heterocycles. The lowest BCUT2D eigenvalue weighted by Gasteiger charge is -2.36. The molecule has 0 atom stereocenters. The van der Waals surface area contributed by atoms with Crippen LogP contribution in [0.5, 0.6) is 0 Å². The zero-order chi connectivity index (χ0) is 18.0. The van der Waals surface area contributed by atoms with Crippen molar-refractivity contribution >= 4 is 35.4 Å². The molecule has 0 saturated carbocycles. The summed E-state index contributed by atoms with van der Waals surface area (Å²) in [4.78, 5) is 4.30. The SMILES string of the molecule is Cl.Nc1cc(C(F)(F)F)ccc1N1CCN(Cc2ccccc2Cl)CC1.O. The van der Waals surface area contributed by atoms with Gasteiger partial charge in [-0.15, -0.1) is 12.4 Å². The fraction of sp³-hybridized carbons (Fsp3) is 0.333. The maximum Gasteiger partial charge on any atom is 0.416 e. The standard InChI is InChI=1S/C18H19ClF3N3.ClH.H2O/c19-15-4-2-1-3-13(15)12-24-7-9-25(10-8-24)17-6-5-14(11-16(17)23)18(20,21)22;;/h1-6,11H,7-10,12,23H2;1H;1H2. The van der Waals surface area contributed by atoms with E-state index in [1.165, 1.54) is 6.07 Å². The molecule has 1 heterocycles. The highest BCUT2D eigenvalue weighted by Gasteiger charge is 2.31. The molecule has 1 aliphatic heterocycles. The Hall–Kier alpha value is -1.67. The second-order valence-corrected chi connectivity index (χ2v) is 6.53. The van der Waals surface area contributed by atoms with Crippen molar-refractivity contribution in [1.29, 1.82) is 0 Å². The number of benzene rings is 2. The molecule has 0 aromatic heterocycles. The lowest BCUT2D eigenvalue weighted by molar-refractivity contribution is -0.137. The van der Waals surface area contributed by atoms with Crippen LogP contribution >= 0.6 is 24.0 Å². The minimum Gasteiger partial charge on any atom is -0.412 e. The van der Waals surface area contributed by atoms with Gasteiger partial charge in [0.25, 0.3) is 0 Å². The van der Waals surface area contributed by atoms with Crippen LogP contribution in [0.3, 0.4) is 0 Å². The second-order valence-electron chi connectivity index (χ2n) is 6.13. The van der Waals surface area contributed by atoms with Gasteiger partial charge in [0.05, 0.1) is 16.9 Å². The molecule has 27 heavy (non-hydrogen) atoms. The first-order valence-electron chi connectivity index (χ1n) is 8.02. The highest BCUT2D eigenvalue weighted by atomic mass is 35.5. The van der Waals surface area contributed by atoms with Crippen LogP contribution in [0.4, 0.5) is 24.5 Å². The molecule has 1 aliphatic rings. The predicted octanol–water partition coefficient (Wildman–Crippen LogP) is 3.86. The number of halogens is 5. The van der Waals surface area contributed by atoms with Crippen molar-refractivity contribution < 1.29 is 18.6 Å². The number of rotatable bonds is 3. The van der Waals surface area contributed by atoms with E-state index in [-0.39, 0.29) is 23.6 Å². The number of piperazine rings is 1. The van der Waals surface area contributed by atoms with Gasteiger partial charge in [0, 0.05) is 37.7 Å². The Morgan fingerprint density at radius 3 is 2.19 bits per heavy atom. The summed E-state index contributed by atoms with van der Waals surface area (Å²) in [7, 11) is 0. The van der Waals surface area contributed by atoms with Crippen LogP contribution in [0.1, 0.15) is 11.1 Å². The number of hydrogen-bond donors (Lipinski definition) is 1. The fourth-order valence-electron chi connectivity index (χ4n) is 3.03. The molecule has 3 rings (SSSR count). The molecule has 4 N–H and O–H groups in total. The predicted molar refractivity (Wildman–Crippen MR) is 106 cm³/mol. The van der Waals surface area contributed by atoms with E-state index in [1.54, 1.807) is 0 Å². The summed E-state index contributed by atoms with van der Waals surface area (Å²) in [5, 5.41) is 0.747. The number of nitrogen functional groups attached to an aromatic ring is 1. The van der Waals surface area contributed by atoms with Crippen molar-refractivity contribution in [3.63, 3.8) is 0 Å². The Kier molecular flexibility index (Phi) is 8.23. The summed E-state index contributed by atoms with van der Waals surface area (Å²) in [6.45, 7) is 3.77. The maximum atomic E-state index is 12.7. The Morgan fingerprint density at radius 2 is 1.63 bits per heavy atom. The van der Waals surface area contributed by atoms with E-state index >= 15 is 0 Å². The summed E-state index contributed by atoms with van der Waals surface area (Å²) < 4.78 is 38.2. The number of nitrogens with zero attached hydrogens (tertiary/aromatic N) is 2. The van der Waals surface area contributed by atoms with Crippen molar-refractivity contribution in [1.82, 2.24) is 4.90 Å². The van der Waals surface area contributed by atoms with Gasteiger partial charge < -0.3 is 16.1 Å². The van der Waals surface area contributed by atoms with Gasteiger partial charge in [0.1, 0.15) is 0 Å². The Morgan fingerprint density at radius 1 is 1.00 bits per heavy atom. The molecule has 150 valence electrons. The molecule has 0 amide bonds. The molecule has 0 bridgehead atoms. The van der Waals surface area contributed by atoms with Crippen molar-refractivity contribution in [2.24, 2.45) is 0 Å². The summed E-state index contributed by atoms with van der Waals surface area (Å²) in [5.74, 6) is 0. The van der Waals surface area contributed by atoms with Gasteiger partial charge in [0.15, 0.2) is 0 Å². The lowest BCUT2D eigenvalue weighted by atomic mass is 10.1. The molecular formula is C18H22Cl2F3N3O. The van der Waals surface area contributed by atoms with Crippen LogP contribution in [0.15, 0.2) is 42.5 Å². The highest BCUT2D eigenvalue weighted by Crippen LogP contribution is 2.34. The van der Waals surface area contributed by atoms with E-state index in [9.17, 15) is 13.2 Å². The summed E-state index contributed by atoms with van der Waals surface area (Å²) >= 11 is 6.19. The molecule has 9 heteroatoms. The van der Waals surface area contributed by atoms with Crippen molar-refractivity contribution in [2.45, 2.75) is 12.7 Å². The first-order valence-corrected chi connectivity index (χ1v) is 8.40. The topological polar surface area (TPSA) is 64.0 Å². The minimum absolute atomic E-state index is 0. The van der Waals surface area contributed by atoms with E-state index in [1.807, 2.05) is 29.2 Å². The number of nitrogens with two attached hydrogens (primary N) is 1. The summed E-state index contributed by atoms with van der Waals surface area (Å²) in [6, 6.07) is 11.3. The van der Waals surface area contributed by atoms with Gasteiger partial charge >= 0.3 is 6.18 Å². The monoisotopic (exact) mass is 423 g/mol. The Bertz CT molecular complexity index is 751. The van der Waals surface area contributed by atoms with Gasteiger partial charge in [-0.3, -0.25) is 4.90 Å². The van der Waals surface area contributed by atoms with Crippen LogP contribution in [0, 0.1) is 0 Å². The largest absolute Gasteiger partial charge is 0.416 e. The van der Waals surface area contributed by atoms with E-state index in [2.05, 4.69) is 4.90 Å². The van der Waals surface area contributed by atoms with Crippen molar-refractivity contribution in [3.8, 4) is 0 Å². The minimum atomic E-state index is -4.37. The molecule has 0 unspecified atom stereocenters. The third kappa shape index (κ3) is 5.65. The molecule has 0 spiro atoms. The third-order valence-electron chi connectivity index (χ3n) is 4.42. The van der Waals surface area contributed by atoms with Gasteiger partial charge in [0.2, 0.25) is 0 Å². The smallest absolute Gasteiger partial charge is 0.412 e. The second kappa shape index (κ2) is 9.50. The quantitative estimate of drug-likeness (QED) is 0.762. The molecular weight excluding hydrogens is 402 g/mol. The number of alkyl halides is 3. The van der Waals surface area contributed by atoms with Crippen LogP contribution in [0.25, 0.3) is 0 Å². The number of anilines is 2. The molecule has 1 fully saturated rings. The molecule has 2 aromatic carbocycles. The van der Waals surface area contributed by atoms with Gasteiger partial charge in [-0.25, -0.2) is 0 Å². The molecule has 2 aromatic rings. The maximum absolute atomic E-state index is 12.7. The van der Waals surface area contributed by atoms with Crippen molar-refractivity contribution in [3.05, 3.63) is 58.6 Å². The van der Waals surface area contributed by atoms with Crippen LogP contribution in [0.2, 0.25) is 5.02 Å². The fourth-order valence-corrected chi connectivity index (χ4v) is 3.23. The normalized spacial score (nSPS) is 15.0. The highest BCUT2D eigenvalue weighted by molar-refractivity contribution is 6.31. The molecule has 4 nitrogen and oxygen atoms in total. The van der Waals surface area contributed by atoms with Gasteiger partial charge in [-0.2, -0.15) is 13.2 Å². The molecule has 0 radical (unpaired) electrons. The molecule has 0 aliphatic carbocycles. The zero-order valence-electron chi connectivity index (χ0n) is 14.5. The Labute approximate surface area is 167 Å². The van der Waals surface area contributed by atoms with Crippen molar-refractivity contribution in [2.75, 3.05) is 36.8 Å². The Balaban J connectivity index is 0.00000182. The van der Waals surface area contributed by atoms with Gasteiger partial charge in [-0.1, -0.05) is 29.8 Å². The van der Waals surface area contributed by atoms with E-state index in [0.717, 1.165) is 42.4 Å². The van der Waals surface area contributed by atoms with Crippen LogP contribution in [-0.2, 0) is 12.7 Å². The summed E-state index contributed by atoms with van der Waals surface area (Å²) in [5.41, 5.74) is 7.03. The van der Waals surface area contributed by atoms with E-state index < -0.39 is 11.7 Å². The zero-order valence-corrected chi connectivity index (χ0v) is 16.0. The van der Waals surface area contributed by atoms with E-state index in [4.69, 9.17) is 17.3 Å². The van der Waals surface area contributed by atoms with Crippen LogP contribution < -0.4 is 10.6 Å². The number of hydrogen-bond acceptors (Lipinski definition) is 3. The summed E-state index contributed by atoms with van der Waals surface area (Å²) in [6.07, 6.45) is -4.37. The van der Waals surface area contributed by atoms with Gasteiger partial charge in [-0.05, 0) is 29.8 Å². The first kappa shape index (κ1) is 23.4.